The van der Waals surface area contributed by atoms with Crippen LogP contribution in [-0.4, -0.2) is 48.7 Å². The molecule has 0 radical (unpaired) electrons. The molecule has 0 saturated carbocycles. The van der Waals surface area contributed by atoms with Gasteiger partial charge >= 0.3 is 6.18 Å². The molecule has 0 heterocycles. The van der Waals surface area contributed by atoms with Crippen LogP contribution in [0, 0.1) is 0 Å². The molecule has 1 aromatic carbocycles. The number of amides is 1. The van der Waals surface area contributed by atoms with Crippen molar-refractivity contribution in [3.8, 4) is 0 Å². The smallest absolute Gasteiger partial charge is 0.395 e. The summed E-state index contributed by atoms with van der Waals surface area (Å²) in [7, 11) is -3.97. The normalized spacial score (nSPS) is 15.0. The minimum absolute atomic E-state index is 0.248. The molecule has 0 bridgehead atoms. The molecule has 0 aliphatic rings. The summed E-state index contributed by atoms with van der Waals surface area (Å²) in [4.78, 5) is 11.1. The SMILES string of the molecule is C[C@@](O)(C(=O)Nc1ccc(S(=O)(=O)CCO)c(Cl)c1Cl)C(F)(F)F. The van der Waals surface area contributed by atoms with E-state index in [0.29, 0.717) is 0 Å². The molecule has 3 N–H and O–H groups in total. The number of hydrogen-bond donors (Lipinski definition) is 3. The number of carbonyl (C=O) groups is 1. The number of carbonyl (C=O) groups excluding carboxylic acids is 1. The highest BCUT2D eigenvalue weighted by molar-refractivity contribution is 7.91. The van der Waals surface area contributed by atoms with E-state index in [-0.39, 0.29) is 6.92 Å². The molecule has 0 aliphatic heterocycles. The maximum Gasteiger partial charge on any atom is 0.426 e. The third kappa shape index (κ3) is 4.12. The van der Waals surface area contributed by atoms with Crippen molar-refractivity contribution in [1.29, 1.82) is 0 Å². The van der Waals surface area contributed by atoms with E-state index in [2.05, 4.69) is 0 Å². The monoisotopic (exact) mass is 409 g/mol. The molecule has 0 unspecified atom stereocenters. The molecule has 24 heavy (non-hydrogen) atoms. The van der Waals surface area contributed by atoms with Gasteiger partial charge in [0.15, 0.2) is 9.84 Å². The Hall–Kier alpha value is -1.07. The predicted octanol–water partition coefficient (Wildman–Crippen LogP) is 2.01. The first-order valence-electron chi connectivity index (χ1n) is 6.18. The van der Waals surface area contributed by atoms with Crippen LogP contribution >= 0.6 is 23.2 Å². The number of benzene rings is 1. The molecular weight excluding hydrogens is 398 g/mol. The van der Waals surface area contributed by atoms with E-state index in [9.17, 15) is 31.5 Å². The summed E-state index contributed by atoms with van der Waals surface area (Å²) >= 11 is 11.6. The lowest BCUT2D eigenvalue weighted by Gasteiger charge is -2.25. The van der Waals surface area contributed by atoms with E-state index in [1.807, 2.05) is 0 Å². The van der Waals surface area contributed by atoms with Gasteiger partial charge in [-0.15, -0.1) is 0 Å². The number of halogens is 5. The fraction of sp³-hybridized carbons (Fsp3) is 0.417. The van der Waals surface area contributed by atoms with Crippen molar-refractivity contribution < 1.29 is 36.6 Å². The van der Waals surface area contributed by atoms with Crippen LogP contribution in [0.1, 0.15) is 6.92 Å². The molecule has 0 fully saturated rings. The van der Waals surface area contributed by atoms with Gasteiger partial charge in [0.2, 0.25) is 5.60 Å². The summed E-state index contributed by atoms with van der Waals surface area (Å²) in [5.41, 5.74) is -4.11. The summed E-state index contributed by atoms with van der Waals surface area (Å²) in [6, 6.07) is 1.83. The molecule has 1 atom stereocenters. The lowest BCUT2D eigenvalue weighted by atomic mass is 10.1. The van der Waals surface area contributed by atoms with Crippen LogP contribution in [-0.2, 0) is 14.6 Å². The number of alkyl halides is 3. The van der Waals surface area contributed by atoms with Crippen molar-refractivity contribution in [1.82, 2.24) is 0 Å². The van der Waals surface area contributed by atoms with Gasteiger partial charge < -0.3 is 15.5 Å². The first-order valence-corrected chi connectivity index (χ1v) is 8.58. The fourth-order valence-electron chi connectivity index (χ4n) is 1.47. The van der Waals surface area contributed by atoms with E-state index >= 15 is 0 Å². The van der Waals surface area contributed by atoms with Gasteiger partial charge in [0, 0.05) is 0 Å². The van der Waals surface area contributed by atoms with Crippen molar-refractivity contribution in [2.45, 2.75) is 23.6 Å². The number of rotatable bonds is 5. The first-order chi connectivity index (χ1) is 10.8. The van der Waals surface area contributed by atoms with Gasteiger partial charge in [-0.05, 0) is 19.1 Å². The fourth-order valence-corrected chi connectivity index (χ4v) is 3.37. The maximum atomic E-state index is 12.6. The van der Waals surface area contributed by atoms with Gasteiger partial charge in [0.25, 0.3) is 5.91 Å². The average molecular weight is 410 g/mol. The van der Waals surface area contributed by atoms with Crippen LogP contribution < -0.4 is 5.32 Å². The van der Waals surface area contributed by atoms with Crippen molar-refractivity contribution >= 4 is 44.6 Å². The Bertz CT molecular complexity index is 750. The van der Waals surface area contributed by atoms with Gasteiger partial charge in [0.05, 0.1) is 33.0 Å². The molecule has 136 valence electrons. The first kappa shape index (κ1) is 21.0. The Balaban J connectivity index is 3.23. The van der Waals surface area contributed by atoms with Gasteiger partial charge in [-0.1, -0.05) is 23.2 Å². The van der Waals surface area contributed by atoms with E-state index < -0.39 is 60.5 Å². The Morgan fingerprint density at radius 1 is 1.25 bits per heavy atom. The molecule has 0 aliphatic carbocycles. The third-order valence-corrected chi connectivity index (χ3v) is 5.71. The number of anilines is 1. The van der Waals surface area contributed by atoms with Crippen LogP contribution in [0.4, 0.5) is 18.9 Å². The van der Waals surface area contributed by atoms with E-state index in [0.717, 1.165) is 12.1 Å². The molecule has 1 amide bonds. The van der Waals surface area contributed by atoms with Crippen molar-refractivity contribution in [3.05, 3.63) is 22.2 Å². The number of sulfone groups is 1. The van der Waals surface area contributed by atoms with Crippen LogP contribution in [0.2, 0.25) is 10.0 Å². The van der Waals surface area contributed by atoms with Gasteiger partial charge in [-0.2, -0.15) is 13.2 Å². The molecule has 1 rings (SSSR count). The second-order valence-electron chi connectivity index (χ2n) is 4.81. The zero-order valence-electron chi connectivity index (χ0n) is 12.0. The molecule has 1 aromatic rings. The van der Waals surface area contributed by atoms with Crippen molar-refractivity contribution in [3.63, 3.8) is 0 Å². The maximum absolute atomic E-state index is 12.6. The lowest BCUT2D eigenvalue weighted by molar-refractivity contribution is -0.242. The Morgan fingerprint density at radius 2 is 1.79 bits per heavy atom. The third-order valence-electron chi connectivity index (χ3n) is 2.98. The zero-order valence-corrected chi connectivity index (χ0v) is 14.3. The average Bonchev–Trinajstić information content (AvgIpc) is 2.42. The minimum Gasteiger partial charge on any atom is -0.395 e. The second kappa shape index (κ2) is 7.04. The van der Waals surface area contributed by atoms with E-state index in [1.165, 1.54) is 0 Å². The summed E-state index contributed by atoms with van der Waals surface area (Å²) in [5.74, 6) is -2.46. The Morgan fingerprint density at radius 3 is 2.25 bits per heavy atom. The lowest BCUT2D eigenvalue weighted by Crippen LogP contribution is -2.52. The predicted molar refractivity (Wildman–Crippen MR) is 80.9 cm³/mol. The zero-order chi connectivity index (χ0) is 18.9. The van der Waals surface area contributed by atoms with Gasteiger partial charge in [-0.3, -0.25) is 4.79 Å². The summed E-state index contributed by atoms with van der Waals surface area (Å²) in [6.07, 6.45) is -5.24. The van der Waals surface area contributed by atoms with E-state index in [1.54, 1.807) is 5.32 Å². The highest BCUT2D eigenvalue weighted by Crippen LogP contribution is 2.37. The van der Waals surface area contributed by atoms with Crippen LogP contribution in [0.3, 0.4) is 0 Å². The standard InChI is InChI=1S/C12H12Cl2F3NO5S/c1-11(21,12(15,16)17)10(20)18-6-2-3-7(9(14)8(6)13)24(22,23)5-4-19/h2-3,19,21H,4-5H2,1H3,(H,18,20)/t11-/m1/s1. The van der Waals surface area contributed by atoms with Crippen LogP contribution in [0.5, 0.6) is 0 Å². The van der Waals surface area contributed by atoms with Crippen LogP contribution in [0.15, 0.2) is 17.0 Å². The number of nitrogens with one attached hydrogen (secondary N) is 1. The molecule has 0 aromatic heterocycles. The Kier molecular flexibility index (Phi) is 6.16. The van der Waals surface area contributed by atoms with Crippen LogP contribution in [0.25, 0.3) is 0 Å². The Labute approximate surface area is 145 Å². The highest BCUT2D eigenvalue weighted by atomic mass is 35.5. The topological polar surface area (TPSA) is 104 Å². The molecule has 0 saturated heterocycles. The van der Waals surface area contributed by atoms with Crippen molar-refractivity contribution in [2.75, 3.05) is 17.7 Å². The van der Waals surface area contributed by atoms with Gasteiger partial charge in [0.1, 0.15) is 0 Å². The molecular formula is C12H12Cl2F3NO5S. The summed E-state index contributed by atoms with van der Waals surface area (Å²) < 4.78 is 61.5. The number of aliphatic hydroxyl groups excluding tert-OH is 1. The number of hydrogen-bond acceptors (Lipinski definition) is 5. The second-order valence-corrected chi connectivity index (χ2v) is 7.64. The summed E-state index contributed by atoms with van der Waals surface area (Å²) in [6.45, 7) is -0.429. The number of aliphatic hydroxyl groups is 2. The molecule has 0 spiro atoms. The molecule has 6 nitrogen and oxygen atoms in total. The van der Waals surface area contributed by atoms with Crippen molar-refractivity contribution in [2.24, 2.45) is 0 Å². The van der Waals surface area contributed by atoms with Gasteiger partial charge in [-0.25, -0.2) is 8.42 Å². The molecule has 12 heteroatoms. The quantitative estimate of drug-likeness (QED) is 0.689. The highest BCUT2D eigenvalue weighted by Gasteiger charge is 2.55. The summed E-state index contributed by atoms with van der Waals surface area (Å²) in [5, 5.41) is 18.7. The van der Waals surface area contributed by atoms with E-state index in [4.69, 9.17) is 28.3 Å². The largest absolute Gasteiger partial charge is 0.426 e. The minimum atomic E-state index is -5.24.